The fourth-order valence-electron chi connectivity index (χ4n) is 3.40. The van der Waals surface area contributed by atoms with Crippen molar-refractivity contribution in [2.24, 2.45) is 4.99 Å². The first-order valence-corrected chi connectivity index (χ1v) is 12.3. The highest BCUT2D eigenvalue weighted by Crippen LogP contribution is 2.12. The van der Waals surface area contributed by atoms with Crippen LogP contribution in [-0.4, -0.2) is 49.0 Å². The molecule has 3 amide bonds. The number of guanidine groups is 2. The summed E-state index contributed by atoms with van der Waals surface area (Å²) in [6.07, 6.45) is 0. The molecule has 0 saturated heterocycles. The molecule has 0 bridgehead atoms. The van der Waals surface area contributed by atoms with Gasteiger partial charge in [0, 0.05) is 32.2 Å². The SMILES string of the molecule is COc1ccc(CN/C(=N\C(=O)N(Cc2ccc(F)cc2)C(C)=O)NCCNC(=N)Nc2ccc(F)cc2)cc1. The van der Waals surface area contributed by atoms with E-state index in [1.165, 1.54) is 55.5 Å². The summed E-state index contributed by atoms with van der Waals surface area (Å²) in [6.45, 7) is 2.02. The van der Waals surface area contributed by atoms with E-state index in [4.69, 9.17) is 10.1 Å². The molecule has 0 aliphatic carbocycles. The summed E-state index contributed by atoms with van der Waals surface area (Å²) in [4.78, 5) is 30.3. The summed E-state index contributed by atoms with van der Waals surface area (Å²) in [7, 11) is 1.57. The van der Waals surface area contributed by atoms with Crippen LogP contribution in [0.1, 0.15) is 18.1 Å². The van der Waals surface area contributed by atoms with Crippen molar-refractivity contribution in [2.75, 3.05) is 25.5 Å². The Morgan fingerprint density at radius 3 is 2.02 bits per heavy atom. The molecule has 40 heavy (non-hydrogen) atoms. The Labute approximate surface area is 231 Å². The van der Waals surface area contributed by atoms with Gasteiger partial charge in [0.1, 0.15) is 17.4 Å². The van der Waals surface area contributed by atoms with Gasteiger partial charge in [-0.15, -0.1) is 0 Å². The van der Waals surface area contributed by atoms with E-state index in [9.17, 15) is 18.4 Å². The van der Waals surface area contributed by atoms with E-state index in [-0.39, 0.29) is 37.4 Å². The van der Waals surface area contributed by atoms with E-state index in [0.717, 1.165) is 10.5 Å². The van der Waals surface area contributed by atoms with Gasteiger partial charge in [-0.05, 0) is 59.7 Å². The number of benzene rings is 3. The number of hydrogen-bond donors (Lipinski definition) is 5. The number of rotatable bonds is 9. The van der Waals surface area contributed by atoms with Gasteiger partial charge in [-0.1, -0.05) is 24.3 Å². The molecule has 0 saturated carbocycles. The van der Waals surface area contributed by atoms with Crippen molar-refractivity contribution in [3.05, 3.63) is 95.6 Å². The van der Waals surface area contributed by atoms with Gasteiger partial charge in [-0.3, -0.25) is 15.1 Å². The van der Waals surface area contributed by atoms with Gasteiger partial charge in [0.15, 0.2) is 5.96 Å². The first kappa shape index (κ1) is 29.6. The van der Waals surface area contributed by atoms with Gasteiger partial charge in [-0.25, -0.2) is 13.6 Å². The Balaban J connectivity index is 1.64. The second-order valence-corrected chi connectivity index (χ2v) is 8.54. The number of hydrogen-bond acceptors (Lipinski definition) is 4. The van der Waals surface area contributed by atoms with Crippen LogP contribution in [0.4, 0.5) is 19.3 Å². The molecule has 0 fully saturated rings. The minimum absolute atomic E-state index is 0.00350. The Morgan fingerprint density at radius 1 is 0.850 bits per heavy atom. The smallest absolute Gasteiger partial charge is 0.353 e. The maximum Gasteiger partial charge on any atom is 0.353 e. The topological polar surface area (TPSA) is 131 Å². The van der Waals surface area contributed by atoms with Gasteiger partial charge in [0.2, 0.25) is 11.9 Å². The molecular weight excluding hydrogens is 520 g/mol. The molecule has 10 nitrogen and oxygen atoms in total. The van der Waals surface area contributed by atoms with Gasteiger partial charge in [0.05, 0.1) is 13.7 Å². The molecule has 0 atom stereocenters. The normalized spacial score (nSPS) is 10.8. The number of imide groups is 1. The standard InChI is InChI=1S/C28H31F2N7O3/c1-19(38)37(18-21-3-7-22(29)8-4-21)28(39)36-27(34-17-20-5-13-25(40-2)14-6-20)33-16-15-32-26(31)35-24-11-9-23(30)10-12-24/h3-14H,15-18H2,1-2H3,(H3,31,32,35)(H2,33,34,36,39). The number of urea groups is 1. The molecule has 3 aromatic rings. The number of carbonyl (C=O) groups excluding carboxylic acids is 2. The summed E-state index contributed by atoms with van der Waals surface area (Å²) in [5.74, 6) is -0.506. The van der Waals surface area contributed by atoms with Gasteiger partial charge in [0.25, 0.3) is 0 Å². The predicted octanol–water partition coefficient (Wildman–Crippen LogP) is 3.81. The van der Waals surface area contributed by atoms with E-state index < -0.39 is 17.8 Å². The molecule has 0 aliphatic heterocycles. The van der Waals surface area contributed by atoms with E-state index in [1.807, 2.05) is 12.1 Å². The van der Waals surface area contributed by atoms with Gasteiger partial charge in [-0.2, -0.15) is 4.99 Å². The number of ether oxygens (including phenoxy) is 1. The number of nitrogens with zero attached hydrogens (tertiary/aromatic N) is 2. The number of halogens is 2. The van der Waals surface area contributed by atoms with Crippen LogP contribution >= 0.6 is 0 Å². The Kier molecular flexibility index (Phi) is 10.9. The fourth-order valence-corrected chi connectivity index (χ4v) is 3.40. The van der Waals surface area contributed by atoms with Crippen molar-refractivity contribution in [1.82, 2.24) is 20.9 Å². The van der Waals surface area contributed by atoms with Crippen molar-refractivity contribution >= 4 is 29.5 Å². The van der Waals surface area contributed by atoms with Crippen molar-refractivity contribution in [1.29, 1.82) is 5.41 Å². The fraction of sp³-hybridized carbons (Fsp3) is 0.214. The second-order valence-electron chi connectivity index (χ2n) is 8.54. The molecule has 0 unspecified atom stereocenters. The number of amides is 3. The number of methoxy groups -OCH3 is 1. The zero-order chi connectivity index (χ0) is 28.9. The average molecular weight is 552 g/mol. The van der Waals surface area contributed by atoms with Crippen molar-refractivity contribution < 1.29 is 23.1 Å². The molecular formula is C28H31F2N7O3. The third-order valence-corrected chi connectivity index (χ3v) is 5.52. The lowest BCUT2D eigenvalue weighted by Gasteiger charge is -2.19. The highest BCUT2D eigenvalue weighted by Gasteiger charge is 2.19. The Morgan fingerprint density at radius 2 is 1.43 bits per heavy atom. The second kappa shape index (κ2) is 14.8. The summed E-state index contributed by atoms with van der Waals surface area (Å²) < 4.78 is 31.5. The molecule has 210 valence electrons. The van der Waals surface area contributed by atoms with Crippen LogP contribution in [0.2, 0.25) is 0 Å². The minimum atomic E-state index is -0.805. The summed E-state index contributed by atoms with van der Waals surface area (Å²) >= 11 is 0. The van der Waals surface area contributed by atoms with Crippen molar-refractivity contribution in [3.8, 4) is 5.75 Å². The molecule has 0 aliphatic rings. The first-order valence-electron chi connectivity index (χ1n) is 12.3. The Bertz CT molecular complexity index is 1320. The molecule has 0 spiro atoms. The van der Waals surface area contributed by atoms with E-state index >= 15 is 0 Å². The Hall–Kier alpha value is -5.00. The van der Waals surface area contributed by atoms with Crippen LogP contribution in [-0.2, 0) is 17.9 Å². The summed E-state index contributed by atoms with van der Waals surface area (Å²) in [5, 5.41) is 19.7. The number of carbonyl (C=O) groups is 2. The van der Waals surface area contributed by atoms with Crippen LogP contribution in [0.5, 0.6) is 5.75 Å². The number of nitrogens with one attached hydrogen (secondary N) is 5. The largest absolute Gasteiger partial charge is 0.497 e. The molecule has 0 radical (unpaired) electrons. The average Bonchev–Trinajstić information content (AvgIpc) is 2.94. The number of anilines is 1. The lowest BCUT2D eigenvalue weighted by atomic mass is 10.2. The molecule has 0 aromatic heterocycles. The van der Waals surface area contributed by atoms with E-state index in [2.05, 4.69) is 26.3 Å². The lowest BCUT2D eigenvalue weighted by molar-refractivity contribution is -0.126. The molecule has 3 aromatic carbocycles. The third kappa shape index (κ3) is 9.71. The first-order chi connectivity index (χ1) is 19.2. The monoisotopic (exact) mass is 551 g/mol. The molecule has 5 N–H and O–H groups in total. The summed E-state index contributed by atoms with van der Waals surface area (Å²) in [5.41, 5.74) is 2.00. The maximum absolute atomic E-state index is 13.3. The maximum atomic E-state index is 13.3. The van der Waals surface area contributed by atoms with Crippen LogP contribution in [0.3, 0.4) is 0 Å². The van der Waals surface area contributed by atoms with Gasteiger partial charge < -0.3 is 26.0 Å². The van der Waals surface area contributed by atoms with E-state index in [0.29, 0.717) is 23.5 Å². The molecule has 12 heteroatoms. The number of aliphatic imine (C=N–C) groups is 1. The quantitative estimate of drug-likeness (QED) is 0.155. The lowest BCUT2D eigenvalue weighted by Crippen LogP contribution is -2.44. The van der Waals surface area contributed by atoms with Crippen molar-refractivity contribution in [3.63, 3.8) is 0 Å². The molecule has 3 rings (SSSR count). The zero-order valence-corrected chi connectivity index (χ0v) is 22.1. The zero-order valence-electron chi connectivity index (χ0n) is 22.1. The van der Waals surface area contributed by atoms with Crippen LogP contribution in [0.25, 0.3) is 0 Å². The van der Waals surface area contributed by atoms with Crippen LogP contribution in [0, 0.1) is 17.0 Å². The van der Waals surface area contributed by atoms with E-state index in [1.54, 1.807) is 19.2 Å². The predicted molar refractivity (Wildman–Crippen MR) is 149 cm³/mol. The minimum Gasteiger partial charge on any atom is -0.497 e. The molecule has 0 heterocycles. The van der Waals surface area contributed by atoms with Crippen LogP contribution in [0.15, 0.2) is 77.8 Å². The highest BCUT2D eigenvalue weighted by molar-refractivity contribution is 5.99. The summed E-state index contributed by atoms with van der Waals surface area (Å²) in [6, 6.07) is 17.6. The van der Waals surface area contributed by atoms with Gasteiger partial charge >= 0.3 is 6.03 Å². The van der Waals surface area contributed by atoms with Crippen LogP contribution < -0.4 is 26.0 Å². The third-order valence-electron chi connectivity index (χ3n) is 5.52. The van der Waals surface area contributed by atoms with Crippen molar-refractivity contribution in [2.45, 2.75) is 20.0 Å². The highest BCUT2D eigenvalue weighted by atomic mass is 19.1.